The van der Waals surface area contributed by atoms with Gasteiger partial charge in [-0.05, 0) is 24.8 Å². The molecule has 0 aliphatic rings. The van der Waals surface area contributed by atoms with Crippen molar-refractivity contribution in [2.24, 2.45) is 11.1 Å². The second-order valence-electron chi connectivity index (χ2n) is 5.04. The first-order valence-corrected chi connectivity index (χ1v) is 5.62. The van der Waals surface area contributed by atoms with Crippen LogP contribution in [-0.4, -0.2) is 12.6 Å². The molecule has 0 fully saturated rings. The molecule has 2 N–H and O–H groups in total. The van der Waals surface area contributed by atoms with Gasteiger partial charge in [0, 0.05) is 0 Å². The Labute approximate surface area is 94.2 Å². The third-order valence-corrected chi connectivity index (χ3v) is 1.75. The average Bonchev–Trinajstić information content (AvgIpc) is 2.08. The van der Waals surface area contributed by atoms with E-state index in [2.05, 4.69) is 33.8 Å². The van der Waals surface area contributed by atoms with Gasteiger partial charge >= 0.3 is 0 Å². The van der Waals surface area contributed by atoms with Crippen LogP contribution >= 0.6 is 0 Å². The summed E-state index contributed by atoms with van der Waals surface area (Å²) in [6.07, 6.45) is 7.08. The van der Waals surface area contributed by atoms with Crippen molar-refractivity contribution < 1.29 is 4.74 Å². The monoisotopic (exact) mass is 211 g/mol. The van der Waals surface area contributed by atoms with E-state index >= 15 is 0 Å². The minimum atomic E-state index is -0.0474. The second-order valence-corrected chi connectivity index (χ2v) is 5.04. The topological polar surface area (TPSA) is 35.2 Å². The van der Waals surface area contributed by atoms with E-state index in [1.165, 1.54) is 0 Å². The Morgan fingerprint density at radius 2 is 2.00 bits per heavy atom. The van der Waals surface area contributed by atoms with Crippen LogP contribution in [0.5, 0.6) is 0 Å². The summed E-state index contributed by atoms with van der Waals surface area (Å²) in [6, 6.07) is -0.0474. The molecule has 2 heteroatoms. The third kappa shape index (κ3) is 8.25. The molecule has 88 valence electrons. The SMILES string of the molecule is CC/C=C\C=C(\OCC(C)(C)C)C(C)N. The van der Waals surface area contributed by atoms with Crippen molar-refractivity contribution >= 4 is 0 Å². The van der Waals surface area contributed by atoms with Gasteiger partial charge in [0.25, 0.3) is 0 Å². The van der Waals surface area contributed by atoms with E-state index in [1.54, 1.807) is 0 Å². The molecule has 0 saturated heterocycles. The summed E-state index contributed by atoms with van der Waals surface area (Å²) < 4.78 is 5.70. The molecular formula is C13H25NO. The van der Waals surface area contributed by atoms with E-state index in [-0.39, 0.29) is 11.5 Å². The van der Waals surface area contributed by atoms with Crippen LogP contribution in [0.3, 0.4) is 0 Å². The molecule has 0 radical (unpaired) electrons. The van der Waals surface area contributed by atoms with Crippen molar-refractivity contribution in [3.8, 4) is 0 Å². The average molecular weight is 211 g/mol. The van der Waals surface area contributed by atoms with Gasteiger partial charge < -0.3 is 10.5 Å². The van der Waals surface area contributed by atoms with E-state index in [0.29, 0.717) is 6.61 Å². The predicted molar refractivity (Wildman–Crippen MR) is 66.6 cm³/mol. The highest BCUT2D eigenvalue weighted by atomic mass is 16.5. The Hall–Kier alpha value is -0.760. The number of allylic oxidation sites excluding steroid dienone is 3. The predicted octanol–water partition coefficient (Wildman–Crippen LogP) is 3.25. The minimum absolute atomic E-state index is 0.0474. The number of ether oxygens (including phenoxy) is 1. The van der Waals surface area contributed by atoms with E-state index in [0.717, 1.165) is 12.2 Å². The molecule has 0 saturated carbocycles. The zero-order valence-corrected chi connectivity index (χ0v) is 10.7. The van der Waals surface area contributed by atoms with Crippen LogP contribution < -0.4 is 5.73 Å². The van der Waals surface area contributed by atoms with Gasteiger partial charge in [-0.25, -0.2) is 0 Å². The Morgan fingerprint density at radius 3 is 2.40 bits per heavy atom. The lowest BCUT2D eigenvalue weighted by molar-refractivity contribution is 0.118. The van der Waals surface area contributed by atoms with Crippen LogP contribution in [0.4, 0.5) is 0 Å². The van der Waals surface area contributed by atoms with Crippen LogP contribution in [0, 0.1) is 5.41 Å². The van der Waals surface area contributed by atoms with Gasteiger partial charge in [0.05, 0.1) is 12.6 Å². The minimum Gasteiger partial charge on any atom is -0.496 e. The maximum absolute atomic E-state index is 5.82. The van der Waals surface area contributed by atoms with E-state index < -0.39 is 0 Å². The van der Waals surface area contributed by atoms with Gasteiger partial charge in [-0.3, -0.25) is 0 Å². The molecule has 0 bridgehead atoms. The highest BCUT2D eigenvalue weighted by Gasteiger charge is 2.13. The van der Waals surface area contributed by atoms with Gasteiger partial charge in [0.2, 0.25) is 0 Å². The maximum atomic E-state index is 5.82. The third-order valence-electron chi connectivity index (χ3n) is 1.75. The zero-order valence-electron chi connectivity index (χ0n) is 10.7. The van der Waals surface area contributed by atoms with Crippen molar-refractivity contribution in [3.63, 3.8) is 0 Å². The molecule has 2 nitrogen and oxygen atoms in total. The highest BCUT2D eigenvalue weighted by molar-refractivity contribution is 5.11. The molecule has 1 unspecified atom stereocenters. The van der Waals surface area contributed by atoms with Crippen LogP contribution in [0.1, 0.15) is 41.0 Å². The maximum Gasteiger partial charge on any atom is 0.112 e. The Bertz CT molecular complexity index is 221. The van der Waals surface area contributed by atoms with Crippen molar-refractivity contribution in [2.75, 3.05) is 6.61 Å². The fourth-order valence-electron chi connectivity index (χ4n) is 0.930. The van der Waals surface area contributed by atoms with Crippen molar-refractivity contribution in [2.45, 2.75) is 47.1 Å². The Kier molecular flexibility index (Phi) is 6.34. The zero-order chi connectivity index (χ0) is 11.9. The summed E-state index contributed by atoms with van der Waals surface area (Å²) >= 11 is 0. The van der Waals surface area contributed by atoms with Gasteiger partial charge in [-0.2, -0.15) is 0 Å². The van der Waals surface area contributed by atoms with Crippen molar-refractivity contribution in [1.29, 1.82) is 0 Å². The van der Waals surface area contributed by atoms with Gasteiger partial charge in [-0.1, -0.05) is 39.8 Å². The Morgan fingerprint density at radius 1 is 1.40 bits per heavy atom. The lowest BCUT2D eigenvalue weighted by atomic mass is 9.98. The molecule has 0 aromatic carbocycles. The molecule has 1 atom stereocenters. The first kappa shape index (κ1) is 14.2. The first-order chi connectivity index (χ1) is 6.87. The number of nitrogens with two attached hydrogens (primary N) is 1. The molecule has 0 aromatic rings. The van der Waals surface area contributed by atoms with Gasteiger partial charge in [0.1, 0.15) is 5.76 Å². The molecule has 0 spiro atoms. The fourth-order valence-corrected chi connectivity index (χ4v) is 0.930. The van der Waals surface area contributed by atoms with Gasteiger partial charge in [-0.15, -0.1) is 0 Å². The lowest BCUT2D eigenvalue weighted by Gasteiger charge is -2.21. The lowest BCUT2D eigenvalue weighted by Crippen LogP contribution is -2.23. The van der Waals surface area contributed by atoms with Crippen LogP contribution in [0.25, 0.3) is 0 Å². The summed E-state index contributed by atoms with van der Waals surface area (Å²) in [7, 11) is 0. The molecule has 0 heterocycles. The fraction of sp³-hybridized carbons (Fsp3) is 0.692. The molecule has 0 rings (SSSR count). The molecular weight excluding hydrogens is 186 g/mol. The Balaban J connectivity index is 4.29. The molecule has 0 amide bonds. The molecule has 0 aliphatic carbocycles. The smallest absolute Gasteiger partial charge is 0.112 e. The summed E-state index contributed by atoms with van der Waals surface area (Å²) in [5, 5.41) is 0. The quantitative estimate of drug-likeness (QED) is 0.559. The number of rotatable bonds is 5. The normalized spacial score (nSPS) is 15.7. The van der Waals surface area contributed by atoms with Crippen LogP contribution in [-0.2, 0) is 4.74 Å². The number of hydrogen-bond acceptors (Lipinski definition) is 2. The second kappa shape index (κ2) is 6.67. The summed E-state index contributed by atoms with van der Waals surface area (Å²) in [6.45, 7) is 11.2. The van der Waals surface area contributed by atoms with E-state index in [9.17, 15) is 0 Å². The first-order valence-electron chi connectivity index (χ1n) is 5.62. The van der Waals surface area contributed by atoms with Crippen LogP contribution in [0.15, 0.2) is 24.0 Å². The summed E-state index contributed by atoms with van der Waals surface area (Å²) in [5.41, 5.74) is 5.99. The van der Waals surface area contributed by atoms with Gasteiger partial charge in [0.15, 0.2) is 0 Å². The molecule has 0 aromatic heterocycles. The van der Waals surface area contributed by atoms with Crippen LogP contribution in [0.2, 0.25) is 0 Å². The van der Waals surface area contributed by atoms with Crippen molar-refractivity contribution in [1.82, 2.24) is 0 Å². The standard InChI is InChI=1S/C13H25NO/c1-6-7-8-9-12(11(2)14)15-10-13(3,4)5/h7-9,11H,6,10,14H2,1-5H3/b8-7-,12-9+. The largest absolute Gasteiger partial charge is 0.496 e. The summed E-state index contributed by atoms with van der Waals surface area (Å²) in [5.74, 6) is 0.856. The van der Waals surface area contributed by atoms with E-state index in [4.69, 9.17) is 10.5 Å². The van der Waals surface area contributed by atoms with Crippen molar-refractivity contribution in [3.05, 3.63) is 24.0 Å². The molecule has 15 heavy (non-hydrogen) atoms. The summed E-state index contributed by atoms with van der Waals surface area (Å²) in [4.78, 5) is 0. The van der Waals surface area contributed by atoms with E-state index in [1.807, 2.05) is 19.1 Å². The highest BCUT2D eigenvalue weighted by Crippen LogP contribution is 2.16. The molecule has 0 aliphatic heterocycles. The number of hydrogen-bond donors (Lipinski definition) is 1.